The summed E-state index contributed by atoms with van der Waals surface area (Å²) in [7, 11) is 0. The average Bonchev–Trinajstić information content (AvgIpc) is 3.47. The Labute approximate surface area is 510 Å². The van der Waals surface area contributed by atoms with E-state index < -0.39 is 6.10 Å². The number of esters is 3. The lowest BCUT2D eigenvalue weighted by atomic mass is 10.0. The van der Waals surface area contributed by atoms with Crippen LogP contribution in [0.3, 0.4) is 0 Å². The van der Waals surface area contributed by atoms with Gasteiger partial charge in [-0.15, -0.1) is 0 Å². The zero-order valence-corrected chi connectivity index (χ0v) is 54.8. The molecule has 0 aromatic rings. The zero-order chi connectivity index (χ0) is 59.2. The third-order valence-corrected chi connectivity index (χ3v) is 15.9. The van der Waals surface area contributed by atoms with Gasteiger partial charge in [-0.3, -0.25) is 14.4 Å². The number of ether oxygens (including phenoxy) is 3. The summed E-state index contributed by atoms with van der Waals surface area (Å²) in [4.78, 5) is 38.4. The maximum absolute atomic E-state index is 12.9. The first-order valence-electron chi connectivity index (χ1n) is 35.9. The molecule has 0 rings (SSSR count). The van der Waals surface area contributed by atoms with E-state index in [0.29, 0.717) is 19.3 Å². The fraction of sp³-hybridized carbons (Fsp3) is 0.803. The summed E-state index contributed by atoms with van der Waals surface area (Å²) in [6, 6.07) is 0. The van der Waals surface area contributed by atoms with Crippen LogP contribution in [0, 0.1) is 0 Å². The molecule has 0 bridgehead atoms. The van der Waals surface area contributed by atoms with Gasteiger partial charge in [0.15, 0.2) is 6.10 Å². The highest BCUT2D eigenvalue weighted by Crippen LogP contribution is 2.17. The molecular weight excluding hydrogens is 1010 g/mol. The van der Waals surface area contributed by atoms with Gasteiger partial charge in [0.05, 0.1) is 0 Å². The smallest absolute Gasteiger partial charge is 0.306 e. The van der Waals surface area contributed by atoms with E-state index in [4.69, 9.17) is 14.2 Å². The van der Waals surface area contributed by atoms with Gasteiger partial charge in [-0.2, -0.15) is 0 Å². The van der Waals surface area contributed by atoms with Crippen LogP contribution in [-0.2, 0) is 28.6 Å². The predicted octanol–water partition coefficient (Wildman–Crippen LogP) is 24.8. The van der Waals surface area contributed by atoms with Crippen LogP contribution in [0.4, 0.5) is 0 Å². The van der Waals surface area contributed by atoms with Crippen LogP contribution in [-0.4, -0.2) is 37.2 Å². The van der Waals surface area contributed by atoms with Gasteiger partial charge in [0.1, 0.15) is 13.2 Å². The number of hydrogen-bond acceptors (Lipinski definition) is 6. The molecular formula is C76H136O6. The van der Waals surface area contributed by atoms with Gasteiger partial charge in [-0.05, 0) is 116 Å². The normalized spacial score (nSPS) is 12.5. The zero-order valence-electron chi connectivity index (χ0n) is 54.8. The number of hydrogen-bond donors (Lipinski definition) is 0. The Bertz CT molecular complexity index is 1500. The fourth-order valence-corrected chi connectivity index (χ4v) is 10.5. The molecule has 0 amide bonds. The Hall–Kier alpha value is -3.15. The molecule has 0 N–H and O–H groups in total. The molecule has 0 aliphatic rings. The van der Waals surface area contributed by atoms with E-state index in [1.807, 2.05) is 0 Å². The molecule has 0 aromatic carbocycles. The van der Waals surface area contributed by atoms with Gasteiger partial charge < -0.3 is 14.2 Å². The van der Waals surface area contributed by atoms with Gasteiger partial charge in [0.2, 0.25) is 0 Å². The standard InChI is InChI=1S/C76H136O6/c1-4-7-10-13-16-19-22-25-27-29-31-33-34-35-36-37-38-39-40-41-42-44-45-47-49-51-54-57-60-63-66-69-75(78)81-72-73(71-80-74(77)68-65-62-59-56-53-24-21-18-15-12-9-6-3)82-76(79)70-67-64-61-58-55-52-50-48-46-43-32-30-28-26-23-20-17-14-11-8-5-2/h18,21-23,25-26,29-32,34-35,73H,4-17,19-20,24,27-28,33,36-72H2,1-3H3/b21-18-,25-22-,26-23-,31-29-,32-30-,35-34-. The molecule has 1 unspecified atom stereocenters. The first-order chi connectivity index (χ1) is 40.5. The van der Waals surface area contributed by atoms with E-state index >= 15 is 0 Å². The number of rotatable bonds is 66. The lowest BCUT2D eigenvalue weighted by Crippen LogP contribution is -2.30. The maximum atomic E-state index is 12.9. The number of allylic oxidation sites excluding steroid dienone is 12. The number of unbranched alkanes of at least 4 members (excludes halogenated alkanes) is 43. The lowest BCUT2D eigenvalue weighted by Gasteiger charge is -2.18. The van der Waals surface area contributed by atoms with Crippen molar-refractivity contribution in [3.63, 3.8) is 0 Å². The summed E-state index contributed by atoms with van der Waals surface area (Å²) in [6.45, 7) is 6.63. The average molecular weight is 1150 g/mol. The van der Waals surface area contributed by atoms with Gasteiger partial charge in [0.25, 0.3) is 0 Å². The van der Waals surface area contributed by atoms with Gasteiger partial charge in [-0.25, -0.2) is 0 Å². The van der Waals surface area contributed by atoms with Crippen molar-refractivity contribution >= 4 is 17.9 Å². The minimum atomic E-state index is -0.781. The minimum absolute atomic E-state index is 0.0767. The first kappa shape index (κ1) is 78.8. The van der Waals surface area contributed by atoms with E-state index in [1.165, 1.54) is 250 Å². The van der Waals surface area contributed by atoms with Crippen LogP contribution in [0.1, 0.15) is 374 Å². The van der Waals surface area contributed by atoms with Crippen LogP contribution in [0.5, 0.6) is 0 Å². The van der Waals surface area contributed by atoms with Crippen molar-refractivity contribution in [1.29, 1.82) is 0 Å². The van der Waals surface area contributed by atoms with Gasteiger partial charge >= 0.3 is 17.9 Å². The fourth-order valence-electron chi connectivity index (χ4n) is 10.5. The highest BCUT2D eigenvalue weighted by Gasteiger charge is 2.19. The quantitative estimate of drug-likeness (QED) is 0.0261. The predicted molar refractivity (Wildman–Crippen MR) is 358 cm³/mol. The molecule has 0 saturated heterocycles. The largest absolute Gasteiger partial charge is 0.462 e. The summed E-state index contributed by atoms with van der Waals surface area (Å²) in [5.41, 5.74) is 0. The van der Waals surface area contributed by atoms with Crippen LogP contribution in [0.2, 0.25) is 0 Å². The van der Waals surface area contributed by atoms with Crippen LogP contribution >= 0.6 is 0 Å². The molecule has 0 heterocycles. The molecule has 6 nitrogen and oxygen atoms in total. The van der Waals surface area contributed by atoms with E-state index in [9.17, 15) is 14.4 Å². The van der Waals surface area contributed by atoms with Crippen molar-refractivity contribution in [2.45, 2.75) is 380 Å². The molecule has 82 heavy (non-hydrogen) atoms. The second kappa shape index (κ2) is 70.3. The first-order valence-corrected chi connectivity index (χ1v) is 35.9. The number of carbonyl (C=O) groups is 3. The SMILES string of the molecule is CCCCC/C=C\CCCCCCCC(=O)OCC(COC(=O)CCCCCCCCCCCCCCCCCC/C=C\C/C=C\C/C=C\CCCCCCC)OC(=O)CCCCCCCCCCC/C=C\C/C=C\CCCCCCC. The van der Waals surface area contributed by atoms with Crippen LogP contribution < -0.4 is 0 Å². The van der Waals surface area contributed by atoms with Crippen molar-refractivity contribution in [3.05, 3.63) is 72.9 Å². The van der Waals surface area contributed by atoms with E-state index in [0.717, 1.165) is 83.5 Å². The molecule has 0 fully saturated rings. The maximum Gasteiger partial charge on any atom is 0.306 e. The Balaban J connectivity index is 4.19. The van der Waals surface area contributed by atoms with E-state index in [1.54, 1.807) is 0 Å². The summed E-state index contributed by atoms with van der Waals surface area (Å²) in [5, 5.41) is 0. The van der Waals surface area contributed by atoms with Crippen molar-refractivity contribution in [2.24, 2.45) is 0 Å². The van der Waals surface area contributed by atoms with Crippen LogP contribution in [0.25, 0.3) is 0 Å². The van der Waals surface area contributed by atoms with Crippen molar-refractivity contribution in [3.8, 4) is 0 Å². The second-order valence-corrected chi connectivity index (χ2v) is 24.1. The van der Waals surface area contributed by atoms with Crippen LogP contribution in [0.15, 0.2) is 72.9 Å². The summed E-state index contributed by atoms with van der Waals surface area (Å²) in [5.74, 6) is -0.871. The van der Waals surface area contributed by atoms with Crippen molar-refractivity contribution in [2.75, 3.05) is 13.2 Å². The Morgan fingerprint density at radius 2 is 0.439 bits per heavy atom. The molecule has 0 aromatic heterocycles. The second-order valence-electron chi connectivity index (χ2n) is 24.1. The van der Waals surface area contributed by atoms with Gasteiger partial charge in [0, 0.05) is 19.3 Å². The molecule has 6 heteroatoms. The molecule has 0 spiro atoms. The topological polar surface area (TPSA) is 78.9 Å². The Morgan fingerprint density at radius 3 is 0.720 bits per heavy atom. The third-order valence-electron chi connectivity index (χ3n) is 15.9. The molecule has 0 aliphatic carbocycles. The monoisotopic (exact) mass is 1150 g/mol. The van der Waals surface area contributed by atoms with E-state index in [-0.39, 0.29) is 31.1 Å². The Morgan fingerprint density at radius 1 is 0.244 bits per heavy atom. The molecule has 476 valence electrons. The summed E-state index contributed by atoms with van der Waals surface area (Å²) < 4.78 is 17.0. The van der Waals surface area contributed by atoms with Crippen molar-refractivity contribution < 1.29 is 28.6 Å². The lowest BCUT2D eigenvalue weighted by molar-refractivity contribution is -0.167. The minimum Gasteiger partial charge on any atom is -0.462 e. The Kier molecular flexibility index (Phi) is 67.6. The molecule has 0 radical (unpaired) electrons. The highest BCUT2D eigenvalue weighted by atomic mass is 16.6. The molecule has 0 aliphatic heterocycles. The van der Waals surface area contributed by atoms with Crippen molar-refractivity contribution in [1.82, 2.24) is 0 Å². The molecule has 1 atom stereocenters. The third kappa shape index (κ3) is 67.6. The number of carbonyl (C=O) groups excluding carboxylic acids is 3. The van der Waals surface area contributed by atoms with E-state index in [2.05, 4.69) is 93.7 Å². The highest BCUT2D eigenvalue weighted by molar-refractivity contribution is 5.71. The summed E-state index contributed by atoms with van der Waals surface area (Å²) in [6.07, 6.45) is 92.2. The molecule has 0 saturated carbocycles. The summed E-state index contributed by atoms with van der Waals surface area (Å²) >= 11 is 0. The van der Waals surface area contributed by atoms with Gasteiger partial charge in [-0.1, -0.05) is 312 Å².